The van der Waals surface area contributed by atoms with E-state index >= 15 is 0 Å². The number of amides is 2. The third-order valence-corrected chi connectivity index (χ3v) is 4.88. The maximum absolute atomic E-state index is 13.2. The summed E-state index contributed by atoms with van der Waals surface area (Å²) in [5.41, 5.74) is 3.11. The molecule has 0 aliphatic carbocycles. The van der Waals surface area contributed by atoms with Crippen molar-refractivity contribution in [1.29, 1.82) is 0 Å². The van der Waals surface area contributed by atoms with E-state index in [9.17, 15) is 9.59 Å². The molecule has 2 aliphatic heterocycles. The molecule has 1 saturated heterocycles. The van der Waals surface area contributed by atoms with Gasteiger partial charge in [-0.25, -0.2) is 9.91 Å². The van der Waals surface area contributed by atoms with Crippen LogP contribution in [0.5, 0.6) is 11.5 Å². The predicted molar refractivity (Wildman–Crippen MR) is 103 cm³/mol. The molecule has 0 saturated carbocycles. The molecule has 1 fully saturated rings. The van der Waals surface area contributed by atoms with Crippen molar-refractivity contribution in [2.75, 3.05) is 24.1 Å². The van der Waals surface area contributed by atoms with Gasteiger partial charge in [0.1, 0.15) is 0 Å². The van der Waals surface area contributed by atoms with E-state index in [0.717, 1.165) is 11.1 Å². The van der Waals surface area contributed by atoms with Crippen molar-refractivity contribution in [2.24, 2.45) is 10.3 Å². The Morgan fingerprint density at radius 3 is 2.18 bits per heavy atom. The molecular weight excluding hydrogens is 360 g/mol. The van der Waals surface area contributed by atoms with Crippen LogP contribution in [0.3, 0.4) is 0 Å². The highest BCUT2D eigenvalue weighted by Gasteiger charge is 2.55. The molecule has 144 valence electrons. The quantitative estimate of drug-likeness (QED) is 0.762. The molecule has 28 heavy (non-hydrogen) atoms. The van der Waals surface area contributed by atoms with Crippen molar-refractivity contribution >= 4 is 23.2 Å². The molecule has 2 amide bonds. The first-order valence-corrected chi connectivity index (χ1v) is 8.82. The van der Waals surface area contributed by atoms with Gasteiger partial charge in [-0.1, -0.05) is 11.3 Å². The van der Waals surface area contributed by atoms with Gasteiger partial charge in [0.2, 0.25) is 0 Å². The van der Waals surface area contributed by atoms with Gasteiger partial charge in [0.05, 0.1) is 25.6 Å². The Morgan fingerprint density at radius 1 is 0.857 bits per heavy atom. The summed E-state index contributed by atoms with van der Waals surface area (Å²) in [6, 6.07) is 9.14. The van der Waals surface area contributed by atoms with Crippen LogP contribution in [0.1, 0.15) is 11.1 Å². The van der Waals surface area contributed by atoms with E-state index in [1.54, 1.807) is 25.3 Å². The fourth-order valence-corrected chi connectivity index (χ4v) is 3.67. The van der Waals surface area contributed by atoms with Gasteiger partial charge in [0.15, 0.2) is 23.6 Å². The first-order valence-electron chi connectivity index (χ1n) is 8.82. The lowest BCUT2D eigenvalue weighted by Crippen LogP contribution is -2.40. The summed E-state index contributed by atoms with van der Waals surface area (Å²) in [6.45, 7) is 3.86. The van der Waals surface area contributed by atoms with Crippen LogP contribution in [0.4, 0.5) is 11.4 Å². The standard InChI is InChI=1S/C20H20N4O4/c1-11-7-12(2)9-14(8-11)23-19(25)17-18(20(23)26)24(22-21-17)13-5-6-15(27-3)16(10-13)28-4/h5-10,17-18H,1-4H3/t17-,18+/m0/s1. The highest BCUT2D eigenvalue weighted by Crippen LogP contribution is 2.38. The Labute approximate surface area is 162 Å². The van der Waals surface area contributed by atoms with E-state index in [0.29, 0.717) is 22.9 Å². The number of imide groups is 1. The fraction of sp³-hybridized carbons (Fsp3) is 0.300. The molecular formula is C20H20N4O4. The lowest BCUT2D eigenvalue weighted by Gasteiger charge is -2.21. The Balaban J connectivity index is 1.70. The lowest BCUT2D eigenvalue weighted by molar-refractivity contribution is -0.121. The number of carbonyl (C=O) groups is 2. The second-order valence-electron chi connectivity index (χ2n) is 6.84. The molecule has 2 aromatic carbocycles. The van der Waals surface area contributed by atoms with Crippen molar-refractivity contribution in [1.82, 2.24) is 0 Å². The molecule has 0 spiro atoms. The van der Waals surface area contributed by atoms with E-state index in [1.165, 1.54) is 17.0 Å². The summed E-state index contributed by atoms with van der Waals surface area (Å²) in [5, 5.41) is 9.62. The third kappa shape index (κ3) is 2.69. The van der Waals surface area contributed by atoms with E-state index in [4.69, 9.17) is 9.47 Å². The van der Waals surface area contributed by atoms with E-state index in [2.05, 4.69) is 10.3 Å². The number of rotatable bonds is 4. The van der Waals surface area contributed by atoms with Gasteiger partial charge in [0, 0.05) is 6.07 Å². The highest BCUT2D eigenvalue weighted by molar-refractivity contribution is 6.26. The van der Waals surface area contributed by atoms with Crippen LogP contribution >= 0.6 is 0 Å². The number of methoxy groups -OCH3 is 2. The number of hydrogen-bond donors (Lipinski definition) is 0. The van der Waals surface area contributed by atoms with Crippen LogP contribution in [-0.4, -0.2) is 38.1 Å². The Hall–Kier alpha value is -3.42. The number of benzene rings is 2. The molecule has 8 heteroatoms. The molecule has 2 heterocycles. The molecule has 0 aromatic heterocycles. The van der Waals surface area contributed by atoms with Gasteiger partial charge in [0.25, 0.3) is 11.8 Å². The van der Waals surface area contributed by atoms with Gasteiger partial charge in [-0.2, -0.15) is 5.11 Å². The Bertz CT molecular complexity index is 983. The molecule has 0 radical (unpaired) electrons. The monoisotopic (exact) mass is 380 g/mol. The lowest BCUT2D eigenvalue weighted by atomic mass is 10.1. The number of carbonyl (C=O) groups excluding carboxylic acids is 2. The van der Waals surface area contributed by atoms with Gasteiger partial charge >= 0.3 is 0 Å². The minimum Gasteiger partial charge on any atom is -0.493 e. The molecule has 2 aromatic rings. The fourth-order valence-electron chi connectivity index (χ4n) is 3.67. The molecule has 2 atom stereocenters. The molecule has 4 rings (SSSR count). The maximum atomic E-state index is 13.2. The van der Waals surface area contributed by atoms with Crippen LogP contribution in [0.25, 0.3) is 0 Å². The number of anilines is 2. The second-order valence-corrected chi connectivity index (χ2v) is 6.84. The number of aryl methyl sites for hydroxylation is 2. The highest BCUT2D eigenvalue weighted by atomic mass is 16.5. The number of fused-ring (bicyclic) bond motifs is 1. The second kappa shape index (κ2) is 6.63. The minimum atomic E-state index is -0.860. The number of nitrogens with zero attached hydrogens (tertiary/aromatic N) is 4. The van der Waals surface area contributed by atoms with Crippen LogP contribution < -0.4 is 19.4 Å². The van der Waals surface area contributed by atoms with Crippen molar-refractivity contribution in [2.45, 2.75) is 25.9 Å². The Morgan fingerprint density at radius 2 is 1.54 bits per heavy atom. The number of hydrogen-bond acceptors (Lipinski definition) is 7. The topological polar surface area (TPSA) is 83.8 Å². The van der Waals surface area contributed by atoms with Gasteiger partial charge in [-0.15, -0.1) is 0 Å². The minimum absolute atomic E-state index is 0.347. The van der Waals surface area contributed by atoms with Crippen LogP contribution in [0.15, 0.2) is 46.7 Å². The van der Waals surface area contributed by atoms with Crippen molar-refractivity contribution < 1.29 is 19.1 Å². The summed E-state index contributed by atoms with van der Waals surface area (Å²) in [7, 11) is 3.08. The molecule has 8 nitrogen and oxygen atoms in total. The van der Waals surface area contributed by atoms with Gasteiger partial charge < -0.3 is 9.47 Å². The smallest absolute Gasteiger partial charge is 0.263 e. The molecule has 0 N–H and O–H groups in total. The summed E-state index contributed by atoms with van der Waals surface area (Å²) in [4.78, 5) is 27.3. The van der Waals surface area contributed by atoms with Crippen LogP contribution in [0, 0.1) is 13.8 Å². The average molecular weight is 380 g/mol. The van der Waals surface area contributed by atoms with Crippen LogP contribution in [0.2, 0.25) is 0 Å². The zero-order chi connectivity index (χ0) is 20.0. The van der Waals surface area contributed by atoms with Gasteiger partial charge in [-0.3, -0.25) is 9.59 Å². The maximum Gasteiger partial charge on any atom is 0.263 e. The third-order valence-electron chi connectivity index (χ3n) is 4.88. The van der Waals surface area contributed by atoms with Gasteiger partial charge in [-0.05, 0) is 49.2 Å². The number of ether oxygens (including phenoxy) is 2. The summed E-state index contributed by atoms with van der Waals surface area (Å²) in [5.74, 6) is 0.345. The van der Waals surface area contributed by atoms with Crippen molar-refractivity contribution in [3.63, 3.8) is 0 Å². The van der Waals surface area contributed by atoms with E-state index < -0.39 is 12.1 Å². The largest absolute Gasteiger partial charge is 0.493 e. The first-order chi connectivity index (χ1) is 13.4. The summed E-state index contributed by atoms with van der Waals surface area (Å²) in [6.07, 6.45) is 0. The SMILES string of the molecule is COc1ccc(N2N=N[C@@H]3C(=O)N(c4cc(C)cc(C)c4)C(=O)[C@@H]32)cc1OC. The molecule has 0 unspecified atom stereocenters. The van der Waals surface area contributed by atoms with E-state index in [1.807, 2.05) is 32.0 Å². The Kier molecular flexibility index (Phi) is 4.26. The summed E-state index contributed by atoms with van der Waals surface area (Å²) < 4.78 is 10.6. The van der Waals surface area contributed by atoms with E-state index in [-0.39, 0.29) is 11.8 Å². The molecule has 0 bridgehead atoms. The average Bonchev–Trinajstić information content (AvgIpc) is 3.20. The molecule has 2 aliphatic rings. The normalized spacial score (nSPS) is 20.7. The predicted octanol–water partition coefficient (Wildman–Crippen LogP) is 2.82. The van der Waals surface area contributed by atoms with Crippen molar-refractivity contribution in [3.05, 3.63) is 47.5 Å². The zero-order valence-corrected chi connectivity index (χ0v) is 16.0. The van der Waals surface area contributed by atoms with Crippen LogP contribution in [-0.2, 0) is 9.59 Å². The first kappa shape index (κ1) is 18.0. The van der Waals surface area contributed by atoms with Crippen molar-refractivity contribution in [3.8, 4) is 11.5 Å². The summed E-state index contributed by atoms with van der Waals surface area (Å²) >= 11 is 0. The zero-order valence-electron chi connectivity index (χ0n) is 16.0.